The van der Waals surface area contributed by atoms with Crippen LogP contribution in [0.15, 0.2) is 47.5 Å². The number of phenols is 1. The van der Waals surface area contributed by atoms with Crippen LogP contribution in [0.1, 0.15) is 69.4 Å². The number of aliphatic hydroxyl groups is 1. The van der Waals surface area contributed by atoms with Gasteiger partial charge in [-0.2, -0.15) is 0 Å². The fourth-order valence-electron chi connectivity index (χ4n) is 8.47. The lowest BCUT2D eigenvalue weighted by Crippen LogP contribution is -2.73. The molecule has 2 unspecified atom stereocenters. The Morgan fingerprint density at radius 1 is 0.974 bits per heavy atom. The number of hydrogen-bond donors (Lipinski definition) is 2. The van der Waals surface area contributed by atoms with E-state index in [0.29, 0.717) is 17.6 Å². The second-order valence-corrected chi connectivity index (χ2v) is 12.7. The first kappa shape index (κ1) is 27.2. The van der Waals surface area contributed by atoms with Crippen molar-refractivity contribution in [1.29, 1.82) is 0 Å². The molecule has 39 heavy (non-hydrogen) atoms. The Labute approximate surface area is 229 Å². The maximum absolute atomic E-state index is 14.4. The number of ketones is 4. The molecule has 5 rings (SSSR count). The molecule has 0 bridgehead atoms. The van der Waals surface area contributed by atoms with Gasteiger partial charge in [-0.25, -0.2) is 0 Å². The first-order chi connectivity index (χ1) is 18.1. The van der Waals surface area contributed by atoms with E-state index in [1.54, 1.807) is 19.9 Å². The van der Waals surface area contributed by atoms with Crippen molar-refractivity contribution < 1.29 is 29.4 Å². The van der Waals surface area contributed by atoms with Gasteiger partial charge in [-0.1, -0.05) is 69.2 Å². The molecule has 3 aliphatic carbocycles. The van der Waals surface area contributed by atoms with E-state index >= 15 is 0 Å². The Hall–Kier alpha value is -3.38. The van der Waals surface area contributed by atoms with Crippen LogP contribution >= 0.6 is 0 Å². The highest BCUT2D eigenvalue weighted by Gasteiger charge is 2.73. The summed E-state index contributed by atoms with van der Waals surface area (Å²) in [6.07, 6.45) is 0.505. The van der Waals surface area contributed by atoms with Crippen LogP contribution in [0.2, 0.25) is 0 Å². The number of carbonyl (C=O) groups excluding carboxylic acids is 4. The minimum Gasteiger partial charge on any atom is -0.507 e. The Kier molecular flexibility index (Phi) is 5.97. The normalized spacial score (nSPS) is 32.2. The zero-order valence-corrected chi connectivity index (χ0v) is 23.6. The summed E-state index contributed by atoms with van der Waals surface area (Å²) in [5.74, 6) is -5.67. The molecule has 0 aliphatic heterocycles. The van der Waals surface area contributed by atoms with Crippen LogP contribution in [0.5, 0.6) is 5.75 Å². The molecule has 2 aromatic rings. The number of carbonyl (C=O) groups is 4. The van der Waals surface area contributed by atoms with Gasteiger partial charge in [-0.15, -0.1) is 0 Å². The van der Waals surface area contributed by atoms with E-state index in [0.717, 1.165) is 22.3 Å². The minimum absolute atomic E-state index is 0.0703. The van der Waals surface area contributed by atoms with Crippen molar-refractivity contribution in [1.82, 2.24) is 0 Å². The van der Waals surface area contributed by atoms with Gasteiger partial charge >= 0.3 is 0 Å². The molecule has 0 saturated heterocycles. The molecule has 204 valence electrons. The van der Waals surface area contributed by atoms with Gasteiger partial charge < -0.3 is 10.2 Å². The number of Topliss-reactive ketones (excluding diaryl/α,β-unsaturated/α-hetero) is 4. The zero-order valence-electron chi connectivity index (χ0n) is 23.6. The molecular formula is C33H36O6. The summed E-state index contributed by atoms with van der Waals surface area (Å²) >= 11 is 0. The molecule has 6 nitrogen and oxygen atoms in total. The standard InChI is InChI=1S/C33H36O6/c1-16(2)26-18(4)24(19(5)34)29(37)33(39)30(38)27-28(36)25-22(14-31(27,6)15-32(26,33)7)21(12-13-23(25)35)20-11-9-8-10-17(20)3/h8-13,16,24,27,35,39H,14-15H2,1-7H3/t24?,27?,31-,32-,33+/m0/s1. The summed E-state index contributed by atoms with van der Waals surface area (Å²) in [5.41, 5.74) is 0.0698. The maximum atomic E-state index is 14.4. The van der Waals surface area contributed by atoms with E-state index in [2.05, 4.69) is 0 Å². The lowest BCUT2D eigenvalue weighted by molar-refractivity contribution is -0.183. The van der Waals surface area contributed by atoms with E-state index in [1.165, 1.54) is 13.0 Å². The Morgan fingerprint density at radius 3 is 2.21 bits per heavy atom. The van der Waals surface area contributed by atoms with Crippen LogP contribution in [-0.2, 0) is 20.8 Å². The van der Waals surface area contributed by atoms with Crippen LogP contribution in [0.3, 0.4) is 0 Å². The molecule has 5 atom stereocenters. The van der Waals surface area contributed by atoms with Crippen LogP contribution in [0.25, 0.3) is 11.1 Å². The predicted octanol–water partition coefficient (Wildman–Crippen LogP) is 5.20. The van der Waals surface area contributed by atoms with Crippen LogP contribution < -0.4 is 0 Å². The van der Waals surface area contributed by atoms with Crippen molar-refractivity contribution in [3.63, 3.8) is 0 Å². The van der Waals surface area contributed by atoms with Gasteiger partial charge in [0.2, 0.25) is 0 Å². The van der Waals surface area contributed by atoms with E-state index in [4.69, 9.17) is 0 Å². The number of rotatable bonds is 3. The highest BCUT2D eigenvalue weighted by molar-refractivity contribution is 6.27. The minimum atomic E-state index is -2.52. The average Bonchev–Trinajstić information content (AvgIpc) is 2.81. The maximum Gasteiger partial charge on any atom is 0.192 e. The number of allylic oxidation sites excluding steroid dienone is 1. The molecule has 1 saturated carbocycles. The third kappa shape index (κ3) is 3.37. The third-order valence-electron chi connectivity index (χ3n) is 9.74. The third-order valence-corrected chi connectivity index (χ3v) is 9.74. The smallest absolute Gasteiger partial charge is 0.192 e. The van der Waals surface area contributed by atoms with Crippen molar-refractivity contribution >= 4 is 23.1 Å². The van der Waals surface area contributed by atoms with Crippen LogP contribution in [0, 0.1) is 35.5 Å². The highest BCUT2D eigenvalue weighted by Crippen LogP contribution is 2.64. The second kappa shape index (κ2) is 8.56. The van der Waals surface area contributed by atoms with Crippen LogP contribution in [-0.4, -0.2) is 38.9 Å². The van der Waals surface area contributed by atoms with Crippen molar-refractivity contribution in [2.75, 3.05) is 0 Å². The van der Waals surface area contributed by atoms with Gasteiger partial charge in [-0.3, -0.25) is 19.2 Å². The van der Waals surface area contributed by atoms with Crippen molar-refractivity contribution in [2.45, 2.75) is 66.9 Å². The molecule has 0 spiro atoms. The molecular weight excluding hydrogens is 492 g/mol. The quantitative estimate of drug-likeness (QED) is 0.419. The Balaban J connectivity index is 1.78. The molecule has 0 aromatic heterocycles. The van der Waals surface area contributed by atoms with E-state index in [9.17, 15) is 29.4 Å². The number of benzene rings is 2. The first-order valence-electron chi connectivity index (χ1n) is 13.6. The summed E-state index contributed by atoms with van der Waals surface area (Å²) < 4.78 is 0. The van der Waals surface area contributed by atoms with Crippen molar-refractivity contribution in [2.24, 2.45) is 28.6 Å². The summed E-state index contributed by atoms with van der Waals surface area (Å²) in [7, 11) is 0. The summed E-state index contributed by atoms with van der Waals surface area (Å²) in [4.78, 5) is 55.2. The van der Waals surface area contributed by atoms with Gasteiger partial charge in [0, 0.05) is 5.41 Å². The predicted molar refractivity (Wildman–Crippen MR) is 147 cm³/mol. The Bertz CT molecular complexity index is 1510. The molecule has 6 heteroatoms. The monoisotopic (exact) mass is 528 g/mol. The lowest BCUT2D eigenvalue weighted by atomic mass is 9.41. The summed E-state index contributed by atoms with van der Waals surface area (Å²) in [6.45, 7) is 12.5. The fourth-order valence-corrected chi connectivity index (χ4v) is 8.47. The number of aromatic hydroxyl groups is 1. The van der Waals surface area contributed by atoms with Gasteiger partial charge in [-0.05, 0) is 73.3 Å². The lowest BCUT2D eigenvalue weighted by Gasteiger charge is -2.60. The Morgan fingerprint density at radius 2 is 1.62 bits per heavy atom. The van der Waals surface area contributed by atoms with Gasteiger partial charge in [0.25, 0.3) is 0 Å². The average molecular weight is 529 g/mol. The highest BCUT2D eigenvalue weighted by atomic mass is 16.3. The molecule has 3 aliphatic rings. The largest absolute Gasteiger partial charge is 0.507 e. The number of aryl methyl sites for hydroxylation is 1. The first-order valence-corrected chi connectivity index (χ1v) is 13.6. The summed E-state index contributed by atoms with van der Waals surface area (Å²) in [5, 5.41) is 23.1. The number of hydrogen-bond acceptors (Lipinski definition) is 6. The SMILES string of the molecule is CC(=O)C1C(=O)[C@@]2(O)C(=O)C3C(=O)c4c(O)ccc(-c5ccccc5C)c4C[C@@]3(C)C[C@@]2(C)C(C(C)C)=C1C. The molecule has 0 heterocycles. The molecule has 0 amide bonds. The van der Waals surface area contributed by atoms with Gasteiger partial charge in [0.15, 0.2) is 23.0 Å². The van der Waals surface area contributed by atoms with E-state index in [1.807, 2.05) is 52.0 Å². The topological polar surface area (TPSA) is 109 Å². The number of fused-ring (bicyclic) bond motifs is 3. The van der Waals surface area contributed by atoms with E-state index in [-0.39, 0.29) is 23.7 Å². The van der Waals surface area contributed by atoms with Gasteiger partial charge in [0.05, 0.1) is 11.5 Å². The molecule has 2 aromatic carbocycles. The fraction of sp³-hybridized carbons (Fsp3) is 0.455. The summed E-state index contributed by atoms with van der Waals surface area (Å²) in [6, 6.07) is 11.1. The van der Waals surface area contributed by atoms with E-state index < -0.39 is 51.4 Å². The molecule has 1 fully saturated rings. The van der Waals surface area contributed by atoms with Crippen molar-refractivity contribution in [3.05, 3.63) is 64.2 Å². The second-order valence-electron chi connectivity index (χ2n) is 12.7. The van der Waals surface area contributed by atoms with Crippen LogP contribution in [0.4, 0.5) is 0 Å². The molecule has 0 radical (unpaired) electrons. The molecule has 2 N–H and O–H groups in total. The number of phenolic OH excluding ortho intramolecular Hbond substituents is 1. The van der Waals surface area contributed by atoms with Gasteiger partial charge in [0.1, 0.15) is 17.5 Å². The van der Waals surface area contributed by atoms with Crippen molar-refractivity contribution in [3.8, 4) is 16.9 Å². The zero-order chi connectivity index (χ0) is 28.8.